The lowest BCUT2D eigenvalue weighted by atomic mass is 9.92. The molecule has 19 heavy (non-hydrogen) atoms. The van der Waals surface area contributed by atoms with Crippen LogP contribution < -0.4 is 5.32 Å². The number of aryl methyl sites for hydroxylation is 1. The van der Waals surface area contributed by atoms with Crippen molar-refractivity contribution in [1.82, 2.24) is 5.32 Å². The van der Waals surface area contributed by atoms with Crippen LogP contribution in [0.15, 0.2) is 24.3 Å². The summed E-state index contributed by atoms with van der Waals surface area (Å²) < 4.78 is 0. The van der Waals surface area contributed by atoms with Crippen molar-refractivity contribution in [2.24, 2.45) is 5.41 Å². The fourth-order valence-corrected chi connectivity index (χ4v) is 2.59. The molecule has 1 N–H and O–H groups in total. The van der Waals surface area contributed by atoms with Crippen LogP contribution in [0.2, 0.25) is 0 Å². The third-order valence-corrected chi connectivity index (χ3v) is 3.93. The van der Waals surface area contributed by atoms with Gasteiger partial charge in [-0.25, -0.2) is 0 Å². The van der Waals surface area contributed by atoms with Crippen molar-refractivity contribution in [3.63, 3.8) is 0 Å². The van der Waals surface area contributed by atoms with E-state index >= 15 is 0 Å². The highest BCUT2D eigenvalue weighted by Gasteiger charge is 2.10. The summed E-state index contributed by atoms with van der Waals surface area (Å²) >= 11 is 1.67. The van der Waals surface area contributed by atoms with Gasteiger partial charge < -0.3 is 5.32 Å². The number of carbonyl (C=O) groups excluding carboxylic acids is 1. The lowest BCUT2D eigenvalue weighted by molar-refractivity contribution is -0.118. The summed E-state index contributed by atoms with van der Waals surface area (Å²) in [6.07, 6.45) is 1.02. The summed E-state index contributed by atoms with van der Waals surface area (Å²) in [7, 11) is 0. The van der Waals surface area contributed by atoms with Crippen molar-refractivity contribution >= 4 is 17.7 Å². The van der Waals surface area contributed by atoms with Gasteiger partial charge in [0.2, 0.25) is 5.91 Å². The summed E-state index contributed by atoms with van der Waals surface area (Å²) in [6, 6.07) is 8.33. The molecule has 0 aliphatic heterocycles. The topological polar surface area (TPSA) is 29.1 Å². The van der Waals surface area contributed by atoms with Gasteiger partial charge >= 0.3 is 0 Å². The standard InChI is InChI=1S/C16H25NOS/c1-13-7-5-6-8-14(13)11-19-12-15(18)17-10-9-16(2,3)4/h5-8H,9-12H2,1-4H3,(H,17,18). The Balaban J connectivity index is 2.19. The van der Waals surface area contributed by atoms with Crippen LogP contribution in [-0.2, 0) is 10.5 Å². The zero-order valence-corrected chi connectivity index (χ0v) is 13.3. The third-order valence-electron chi connectivity index (χ3n) is 2.95. The molecule has 0 aliphatic rings. The largest absolute Gasteiger partial charge is 0.355 e. The Kier molecular flexibility index (Phi) is 6.43. The van der Waals surface area contributed by atoms with Gasteiger partial charge in [-0.2, -0.15) is 0 Å². The molecule has 1 amide bonds. The van der Waals surface area contributed by atoms with Gasteiger partial charge in [0.25, 0.3) is 0 Å². The number of hydrogen-bond acceptors (Lipinski definition) is 2. The lowest BCUT2D eigenvalue weighted by Gasteiger charge is -2.17. The number of thioether (sulfide) groups is 1. The van der Waals surface area contributed by atoms with E-state index in [0.717, 1.165) is 18.7 Å². The average Bonchev–Trinajstić information content (AvgIpc) is 2.30. The van der Waals surface area contributed by atoms with E-state index in [2.05, 4.69) is 45.1 Å². The Morgan fingerprint density at radius 1 is 1.26 bits per heavy atom. The molecule has 0 aromatic heterocycles. The Hall–Kier alpha value is -0.960. The maximum Gasteiger partial charge on any atom is 0.230 e. The smallest absolute Gasteiger partial charge is 0.230 e. The van der Waals surface area contributed by atoms with Crippen molar-refractivity contribution in [3.05, 3.63) is 35.4 Å². The first kappa shape index (κ1) is 16.1. The normalized spacial score (nSPS) is 11.4. The second-order valence-electron chi connectivity index (χ2n) is 6.08. The monoisotopic (exact) mass is 279 g/mol. The maximum atomic E-state index is 11.7. The number of amides is 1. The molecule has 0 aliphatic carbocycles. The molecule has 0 fully saturated rings. The Labute approximate surface area is 121 Å². The molecular weight excluding hydrogens is 254 g/mol. The first-order valence-corrected chi connectivity index (χ1v) is 7.93. The second kappa shape index (κ2) is 7.59. The van der Waals surface area contributed by atoms with Crippen molar-refractivity contribution in [2.45, 2.75) is 39.9 Å². The summed E-state index contributed by atoms with van der Waals surface area (Å²) in [5, 5.41) is 2.98. The van der Waals surface area contributed by atoms with Crippen LogP contribution in [0.5, 0.6) is 0 Å². The van der Waals surface area contributed by atoms with E-state index in [0.29, 0.717) is 5.75 Å². The van der Waals surface area contributed by atoms with Crippen LogP contribution >= 0.6 is 11.8 Å². The summed E-state index contributed by atoms with van der Waals surface area (Å²) in [5.74, 6) is 1.58. The fraction of sp³-hybridized carbons (Fsp3) is 0.562. The number of nitrogens with one attached hydrogen (secondary N) is 1. The van der Waals surface area contributed by atoms with Crippen LogP contribution in [0.1, 0.15) is 38.3 Å². The zero-order chi connectivity index (χ0) is 14.3. The van der Waals surface area contributed by atoms with Crippen LogP contribution in [0.4, 0.5) is 0 Å². The number of rotatable bonds is 6. The van der Waals surface area contributed by atoms with Crippen molar-refractivity contribution in [3.8, 4) is 0 Å². The van der Waals surface area contributed by atoms with E-state index in [1.807, 2.05) is 12.1 Å². The van der Waals surface area contributed by atoms with Gasteiger partial charge in [0, 0.05) is 12.3 Å². The van der Waals surface area contributed by atoms with E-state index in [-0.39, 0.29) is 11.3 Å². The maximum absolute atomic E-state index is 11.7. The molecule has 3 heteroatoms. The molecule has 0 unspecified atom stereocenters. The minimum absolute atomic E-state index is 0.142. The molecule has 0 heterocycles. The predicted octanol–water partition coefficient (Wildman–Crippen LogP) is 3.78. The van der Waals surface area contributed by atoms with E-state index < -0.39 is 0 Å². The molecule has 1 aromatic carbocycles. The molecular formula is C16H25NOS. The van der Waals surface area contributed by atoms with E-state index in [9.17, 15) is 4.79 Å². The molecule has 0 radical (unpaired) electrons. The summed E-state index contributed by atoms with van der Waals surface area (Å²) in [5.41, 5.74) is 2.89. The minimum atomic E-state index is 0.142. The highest BCUT2D eigenvalue weighted by Crippen LogP contribution is 2.17. The fourth-order valence-electron chi connectivity index (χ4n) is 1.65. The van der Waals surface area contributed by atoms with Crippen LogP contribution in [0.25, 0.3) is 0 Å². The number of hydrogen-bond donors (Lipinski definition) is 1. The zero-order valence-electron chi connectivity index (χ0n) is 12.5. The van der Waals surface area contributed by atoms with Gasteiger partial charge in [-0.15, -0.1) is 11.8 Å². The highest BCUT2D eigenvalue weighted by atomic mass is 32.2. The van der Waals surface area contributed by atoms with E-state index in [4.69, 9.17) is 0 Å². The Bertz CT molecular complexity index is 409. The molecule has 106 valence electrons. The minimum Gasteiger partial charge on any atom is -0.355 e. The van der Waals surface area contributed by atoms with Crippen LogP contribution in [-0.4, -0.2) is 18.2 Å². The van der Waals surface area contributed by atoms with Gasteiger partial charge in [-0.1, -0.05) is 45.0 Å². The molecule has 0 bridgehead atoms. The number of benzene rings is 1. The Morgan fingerprint density at radius 3 is 2.58 bits per heavy atom. The van der Waals surface area contributed by atoms with Crippen molar-refractivity contribution in [2.75, 3.05) is 12.3 Å². The van der Waals surface area contributed by atoms with E-state index in [1.165, 1.54) is 11.1 Å². The average molecular weight is 279 g/mol. The van der Waals surface area contributed by atoms with Gasteiger partial charge in [0.15, 0.2) is 0 Å². The lowest BCUT2D eigenvalue weighted by Crippen LogP contribution is -2.28. The highest BCUT2D eigenvalue weighted by molar-refractivity contribution is 7.99. The quantitative estimate of drug-likeness (QED) is 0.858. The third kappa shape index (κ3) is 7.26. The molecule has 0 atom stereocenters. The van der Waals surface area contributed by atoms with Gasteiger partial charge in [-0.3, -0.25) is 4.79 Å². The summed E-state index contributed by atoms with van der Waals surface area (Å²) in [4.78, 5) is 11.7. The molecule has 0 spiro atoms. The second-order valence-corrected chi connectivity index (χ2v) is 7.07. The molecule has 2 nitrogen and oxygen atoms in total. The first-order chi connectivity index (χ1) is 8.88. The van der Waals surface area contributed by atoms with Crippen LogP contribution in [0.3, 0.4) is 0 Å². The molecule has 0 saturated heterocycles. The molecule has 1 rings (SSSR count). The first-order valence-electron chi connectivity index (χ1n) is 6.77. The van der Waals surface area contributed by atoms with E-state index in [1.54, 1.807) is 11.8 Å². The predicted molar refractivity (Wildman–Crippen MR) is 84.4 cm³/mol. The van der Waals surface area contributed by atoms with Crippen molar-refractivity contribution in [1.29, 1.82) is 0 Å². The SMILES string of the molecule is Cc1ccccc1CSCC(=O)NCCC(C)(C)C. The van der Waals surface area contributed by atoms with Gasteiger partial charge in [0.05, 0.1) is 5.75 Å². The Morgan fingerprint density at radius 2 is 1.95 bits per heavy atom. The number of carbonyl (C=O) groups is 1. The summed E-state index contributed by atoms with van der Waals surface area (Å²) in [6.45, 7) is 9.44. The van der Waals surface area contributed by atoms with Gasteiger partial charge in [-0.05, 0) is 29.9 Å². The molecule has 1 aromatic rings. The molecule has 0 saturated carbocycles. The van der Waals surface area contributed by atoms with Gasteiger partial charge in [0.1, 0.15) is 0 Å². The van der Waals surface area contributed by atoms with Crippen molar-refractivity contribution < 1.29 is 4.79 Å². The van der Waals surface area contributed by atoms with Crippen LogP contribution in [0, 0.1) is 12.3 Å².